The maximum Gasteiger partial charge on any atom is 0.446 e. The van der Waals surface area contributed by atoms with E-state index < -0.39 is 41.4 Å². The number of carbonyl (C=O) groups excluding carboxylic acids is 2. The number of esters is 1. The monoisotopic (exact) mass is 423 g/mol. The molecule has 0 aliphatic carbocycles. The Hall–Kier alpha value is -2.69. The molecule has 0 fully saturated rings. The van der Waals surface area contributed by atoms with Crippen LogP contribution < -0.4 is 5.32 Å². The molecule has 0 spiro atoms. The molecule has 0 unspecified atom stereocenters. The van der Waals surface area contributed by atoms with Gasteiger partial charge in [-0.25, -0.2) is 4.79 Å². The van der Waals surface area contributed by atoms with Crippen LogP contribution in [0.3, 0.4) is 0 Å². The maximum absolute atomic E-state index is 12.9. The number of nitrogens with one attached hydrogen (secondary N) is 1. The van der Waals surface area contributed by atoms with Crippen molar-refractivity contribution in [2.45, 2.75) is 16.6 Å². The van der Waals surface area contributed by atoms with Gasteiger partial charge in [0, 0.05) is 4.90 Å². The highest BCUT2D eigenvalue weighted by Crippen LogP contribution is 2.37. The smallest absolute Gasteiger partial charge is 0.446 e. The van der Waals surface area contributed by atoms with Crippen molar-refractivity contribution in [2.24, 2.45) is 0 Å². The van der Waals surface area contributed by atoms with Crippen LogP contribution in [0.2, 0.25) is 0 Å². The normalized spacial score (nSPS) is 11.8. The zero-order valence-electron chi connectivity index (χ0n) is 13.7. The summed E-state index contributed by atoms with van der Waals surface area (Å²) in [6.45, 7) is -0.871. The van der Waals surface area contributed by atoms with E-state index in [2.05, 4.69) is 4.74 Å². The van der Waals surface area contributed by atoms with E-state index in [9.17, 15) is 35.9 Å². The zero-order chi connectivity index (χ0) is 20.9. The fourth-order valence-electron chi connectivity index (χ4n) is 2.03. The van der Waals surface area contributed by atoms with Crippen LogP contribution in [0.15, 0.2) is 53.4 Å². The summed E-state index contributed by atoms with van der Waals surface area (Å²) in [5, 5.41) is 1.99. The van der Waals surface area contributed by atoms with Crippen LogP contribution in [-0.4, -0.2) is 24.0 Å². The molecule has 0 radical (unpaired) electrons. The minimum Gasteiger partial charge on any atom is -0.452 e. The van der Waals surface area contributed by atoms with Crippen LogP contribution in [-0.2, 0) is 15.7 Å². The second kappa shape index (κ2) is 8.55. The molecule has 2 rings (SSSR count). The number of hydrogen-bond donors (Lipinski definition) is 1. The standard InChI is InChI=1S/C17H11F6NO3S/c18-16(19,20)12-3-1-2-4-13(12)24-14(25)9-27-15(26)10-5-7-11(8-6-10)28-17(21,22)23/h1-8H,9H2,(H,24,25). The van der Waals surface area contributed by atoms with Gasteiger partial charge in [0.05, 0.1) is 16.8 Å². The molecule has 0 heterocycles. The molecule has 4 nitrogen and oxygen atoms in total. The number of alkyl halides is 6. The van der Waals surface area contributed by atoms with E-state index in [-0.39, 0.29) is 22.2 Å². The van der Waals surface area contributed by atoms with Gasteiger partial charge in [0.2, 0.25) is 0 Å². The van der Waals surface area contributed by atoms with Gasteiger partial charge >= 0.3 is 17.7 Å². The largest absolute Gasteiger partial charge is 0.452 e. The first-order valence-corrected chi connectivity index (χ1v) is 8.26. The van der Waals surface area contributed by atoms with E-state index in [1.807, 2.05) is 5.32 Å². The molecule has 0 aliphatic heterocycles. The number of ether oxygens (including phenoxy) is 1. The average Bonchev–Trinajstić information content (AvgIpc) is 2.58. The van der Waals surface area contributed by atoms with Gasteiger partial charge in [-0.05, 0) is 48.2 Å². The van der Waals surface area contributed by atoms with Crippen molar-refractivity contribution in [3.8, 4) is 0 Å². The maximum atomic E-state index is 12.9. The zero-order valence-corrected chi connectivity index (χ0v) is 14.5. The molecule has 11 heteroatoms. The van der Waals surface area contributed by atoms with Crippen molar-refractivity contribution in [3.63, 3.8) is 0 Å². The van der Waals surface area contributed by atoms with E-state index in [1.165, 1.54) is 6.07 Å². The number of hydrogen-bond acceptors (Lipinski definition) is 4. The predicted molar refractivity (Wildman–Crippen MR) is 88.7 cm³/mol. The second-order valence-corrected chi connectivity index (χ2v) is 6.38. The van der Waals surface area contributed by atoms with Crippen LogP contribution >= 0.6 is 11.8 Å². The van der Waals surface area contributed by atoms with E-state index >= 15 is 0 Å². The first kappa shape index (κ1) is 21.6. The first-order chi connectivity index (χ1) is 13.0. The topological polar surface area (TPSA) is 55.4 Å². The molecule has 0 aromatic heterocycles. The van der Waals surface area contributed by atoms with Crippen LogP contribution in [0.1, 0.15) is 15.9 Å². The van der Waals surface area contributed by atoms with E-state index in [1.54, 1.807) is 0 Å². The third kappa shape index (κ3) is 6.48. The molecule has 1 N–H and O–H groups in total. The molecule has 2 aromatic rings. The molecule has 0 bridgehead atoms. The van der Waals surface area contributed by atoms with Gasteiger partial charge in [0.1, 0.15) is 0 Å². The van der Waals surface area contributed by atoms with E-state index in [4.69, 9.17) is 0 Å². The fraction of sp³-hybridized carbons (Fsp3) is 0.176. The van der Waals surface area contributed by atoms with Crippen LogP contribution in [0.4, 0.5) is 32.0 Å². The van der Waals surface area contributed by atoms with Crippen LogP contribution in [0.5, 0.6) is 0 Å². The van der Waals surface area contributed by atoms with E-state index in [0.29, 0.717) is 0 Å². The highest BCUT2D eigenvalue weighted by Gasteiger charge is 2.33. The van der Waals surface area contributed by atoms with Crippen LogP contribution in [0, 0.1) is 0 Å². The van der Waals surface area contributed by atoms with Crippen LogP contribution in [0.25, 0.3) is 0 Å². The third-order valence-electron chi connectivity index (χ3n) is 3.16. The number of benzene rings is 2. The van der Waals surface area contributed by atoms with Crippen molar-refractivity contribution >= 4 is 29.3 Å². The molecule has 0 saturated heterocycles. The van der Waals surface area contributed by atoms with Gasteiger partial charge in [-0.2, -0.15) is 26.3 Å². The number of para-hydroxylation sites is 1. The number of amides is 1. The van der Waals surface area contributed by atoms with Gasteiger partial charge in [-0.3, -0.25) is 4.79 Å². The summed E-state index contributed by atoms with van der Waals surface area (Å²) in [5.41, 5.74) is -6.15. The Kier molecular flexibility index (Phi) is 6.60. The Morgan fingerprint density at radius 3 is 2.11 bits per heavy atom. The molecule has 2 aromatic carbocycles. The minimum absolute atomic E-state index is 0.116. The third-order valence-corrected chi connectivity index (χ3v) is 3.90. The lowest BCUT2D eigenvalue weighted by atomic mass is 10.1. The van der Waals surface area contributed by atoms with Crippen molar-refractivity contribution < 1.29 is 40.7 Å². The lowest BCUT2D eigenvalue weighted by Gasteiger charge is -2.13. The fourth-order valence-corrected chi connectivity index (χ4v) is 2.57. The lowest BCUT2D eigenvalue weighted by Crippen LogP contribution is -2.22. The summed E-state index contributed by atoms with van der Waals surface area (Å²) >= 11 is -0.364. The summed E-state index contributed by atoms with van der Waals surface area (Å²) in [7, 11) is 0. The Morgan fingerprint density at radius 1 is 0.929 bits per heavy atom. The molecular weight excluding hydrogens is 412 g/mol. The highest BCUT2D eigenvalue weighted by atomic mass is 32.2. The molecule has 150 valence electrons. The SMILES string of the molecule is O=C(COC(=O)c1ccc(SC(F)(F)F)cc1)Nc1ccccc1C(F)(F)F. The summed E-state index contributed by atoms with van der Waals surface area (Å²) < 4.78 is 80.0. The van der Waals surface area contributed by atoms with Crippen molar-refractivity contribution in [1.82, 2.24) is 0 Å². The Balaban J connectivity index is 1.94. The van der Waals surface area contributed by atoms with E-state index in [0.717, 1.165) is 42.5 Å². The minimum atomic E-state index is -4.68. The molecule has 28 heavy (non-hydrogen) atoms. The molecule has 0 atom stereocenters. The summed E-state index contributed by atoms with van der Waals surface area (Å²) in [4.78, 5) is 23.4. The van der Waals surface area contributed by atoms with Crippen molar-refractivity contribution in [2.75, 3.05) is 11.9 Å². The van der Waals surface area contributed by atoms with Crippen molar-refractivity contribution in [1.29, 1.82) is 0 Å². The number of rotatable bonds is 5. The molecule has 0 saturated carbocycles. The lowest BCUT2D eigenvalue weighted by molar-refractivity contribution is -0.137. The van der Waals surface area contributed by atoms with Gasteiger partial charge in [-0.1, -0.05) is 12.1 Å². The number of anilines is 1. The second-order valence-electron chi connectivity index (χ2n) is 5.24. The Labute approximate surface area is 158 Å². The van der Waals surface area contributed by atoms with Crippen molar-refractivity contribution in [3.05, 3.63) is 59.7 Å². The molecule has 0 aliphatic rings. The number of carbonyl (C=O) groups is 2. The summed E-state index contributed by atoms with van der Waals surface area (Å²) in [5.74, 6) is -2.02. The molecular formula is C17H11F6NO3S. The van der Waals surface area contributed by atoms with Gasteiger partial charge in [-0.15, -0.1) is 0 Å². The number of halogens is 6. The van der Waals surface area contributed by atoms with Gasteiger partial charge in [0.25, 0.3) is 5.91 Å². The Morgan fingerprint density at radius 2 is 1.54 bits per heavy atom. The van der Waals surface area contributed by atoms with Gasteiger partial charge in [0.15, 0.2) is 6.61 Å². The Bertz CT molecular complexity index is 849. The van der Waals surface area contributed by atoms with Gasteiger partial charge < -0.3 is 10.1 Å². The quantitative estimate of drug-likeness (QED) is 0.413. The average molecular weight is 423 g/mol. The summed E-state index contributed by atoms with van der Waals surface area (Å²) in [6, 6.07) is 8.52. The summed E-state index contributed by atoms with van der Waals surface area (Å²) in [6.07, 6.45) is -4.68. The highest BCUT2D eigenvalue weighted by molar-refractivity contribution is 8.00. The predicted octanol–water partition coefficient (Wildman–Crippen LogP) is 5.11. The molecule has 1 amide bonds. The first-order valence-electron chi connectivity index (χ1n) is 7.45. The number of thioether (sulfide) groups is 1.